The molecule has 0 aliphatic carbocycles. The molecule has 0 saturated heterocycles. The molecule has 2 radical (unpaired) electrons. The van der Waals surface area contributed by atoms with E-state index in [1.807, 2.05) is 0 Å². The van der Waals surface area contributed by atoms with E-state index in [0.717, 1.165) is 6.32 Å². The van der Waals surface area contributed by atoms with Gasteiger partial charge in [-0.15, -0.1) is 12.4 Å². The molecule has 0 aliphatic heterocycles. The molecule has 0 unspecified atom stereocenters. The number of hydrogen-bond acceptors (Lipinski definition) is 0. The summed E-state index contributed by atoms with van der Waals surface area (Å²) in [6.07, 6.45) is 3.23. The van der Waals surface area contributed by atoms with E-state index >= 15 is 0 Å². The van der Waals surface area contributed by atoms with Crippen LogP contribution in [0.25, 0.3) is 0 Å². The summed E-state index contributed by atoms with van der Waals surface area (Å²) in [7, 11) is 5.14. The van der Waals surface area contributed by atoms with Crippen molar-refractivity contribution in [1.29, 1.82) is 0 Å². The quantitative estimate of drug-likeness (QED) is 0.469. The van der Waals surface area contributed by atoms with Crippen LogP contribution in [0.3, 0.4) is 0 Å². The molecule has 0 amide bonds. The SMILES string of the molecule is Cl.[B]CCCC. The highest BCUT2D eigenvalue weighted by Gasteiger charge is 1.68. The Kier molecular flexibility index (Phi) is 14.4. The summed E-state index contributed by atoms with van der Waals surface area (Å²) in [4.78, 5) is 0. The monoisotopic (exact) mass is 104 g/mol. The maximum atomic E-state index is 5.14. The van der Waals surface area contributed by atoms with Crippen LogP contribution in [-0.4, -0.2) is 7.85 Å². The summed E-state index contributed by atoms with van der Waals surface area (Å²) in [5.74, 6) is 0. The van der Waals surface area contributed by atoms with Gasteiger partial charge in [-0.05, 0) is 0 Å². The van der Waals surface area contributed by atoms with Gasteiger partial charge in [0.05, 0.1) is 7.85 Å². The van der Waals surface area contributed by atoms with Gasteiger partial charge in [0.25, 0.3) is 0 Å². The first-order valence-corrected chi connectivity index (χ1v) is 2.12. The average molecular weight is 104 g/mol. The number of unbranched alkanes of at least 4 members (excludes halogenated alkanes) is 1. The second-order valence-electron chi connectivity index (χ2n) is 1.14. The highest BCUT2D eigenvalue weighted by atomic mass is 35.5. The van der Waals surface area contributed by atoms with E-state index in [0.29, 0.717) is 0 Å². The van der Waals surface area contributed by atoms with Crippen molar-refractivity contribution in [1.82, 2.24) is 0 Å². The molecule has 2 heteroatoms. The van der Waals surface area contributed by atoms with Gasteiger partial charge >= 0.3 is 0 Å². The molecule has 0 rings (SSSR count). The van der Waals surface area contributed by atoms with E-state index in [2.05, 4.69) is 6.92 Å². The Hall–Kier alpha value is 0.355. The second-order valence-corrected chi connectivity index (χ2v) is 1.14. The Morgan fingerprint density at radius 3 is 2.00 bits per heavy atom. The predicted octanol–water partition coefficient (Wildman–Crippen LogP) is 1.80. The molecule has 0 saturated carbocycles. The Morgan fingerprint density at radius 1 is 1.50 bits per heavy atom. The van der Waals surface area contributed by atoms with Gasteiger partial charge in [0.15, 0.2) is 0 Å². The Balaban J connectivity index is 0. The molecule has 6 heavy (non-hydrogen) atoms. The van der Waals surface area contributed by atoms with E-state index in [-0.39, 0.29) is 12.4 Å². The normalized spacial score (nSPS) is 6.83. The summed E-state index contributed by atoms with van der Waals surface area (Å²) < 4.78 is 0. The second kappa shape index (κ2) is 9.02. The third-order valence-electron chi connectivity index (χ3n) is 0.558. The van der Waals surface area contributed by atoms with Crippen LogP contribution in [0.15, 0.2) is 0 Å². The molecule has 0 bridgehead atoms. The smallest absolute Gasteiger partial charge is 0.0652 e. The molecule has 0 aliphatic rings. The van der Waals surface area contributed by atoms with Gasteiger partial charge in [-0.1, -0.05) is 26.1 Å². The van der Waals surface area contributed by atoms with Crippen LogP contribution in [0.5, 0.6) is 0 Å². The van der Waals surface area contributed by atoms with Crippen molar-refractivity contribution >= 4 is 20.3 Å². The zero-order chi connectivity index (χ0) is 4.12. The van der Waals surface area contributed by atoms with Crippen molar-refractivity contribution in [2.24, 2.45) is 0 Å². The van der Waals surface area contributed by atoms with Crippen LogP contribution in [0.2, 0.25) is 6.32 Å². The summed E-state index contributed by atoms with van der Waals surface area (Å²) in [5, 5.41) is 0. The fraction of sp³-hybridized carbons (Fsp3) is 1.00. The minimum atomic E-state index is 0. The summed E-state index contributed by atoms with van der Waals surface area (Å²) in [6, 6.07) is 0. The molecule has 36 valence electrons. The van der Waals surface area contributed by atoms with Crippen molar-refractivity contribution in [3.8, 4) is 0 Å². The van der Waals surface area contributed by atoms with E-state index in [9.17, 15) is 0 Å². The number of hydrogen-bond donors (Lipinski definition) is 0. The van der Waals surface area contributed by atoms with E-state index in [4.69, 9.17) is 7.85 Å². The lowest BCUT2D eigenvalue weighted by atomic mass is 10.0. The molecule has 0 spiro atoms. The van der Waals surface area contributed by atoms with Crippen LogP contribution in [-0.2, 0) is 0 Å². The van der Waals surface area contributed by atoms with Crippen LogP contribution < -0.4 is 0 Å². The molecule has 0 aromatic carbocycles. The zero-order valence-electron chi connectivity index (χ0n) is 4.11. The van der Waals surface area contributed by atoms with Gasteiger partial charge in [0.2, 0.25) is 0 Å². The van der Waals surface area contributed by atoms with Gasteiger partial charge in [0.1, 0.15) is 0 Å². The zero-order valence-corrected chi connectivity index (χ0v) is 4.92. The van der Waals surface area contributed by atoms with Gasteiger partial charge in [0, 0.05) is 0 Å². The van der Waals surface area contributed by atoms with E-state index < -0.39 is 0 Å². The molecule has 0 aromatic heterocycles. The fourth-order valence-corrected chi connectivity index (χ4v) is 0.204. The first kappa shape index (κ1) is 9.61. The lowest BCUT2D eigenvalue weighted by Crippen LogP contribution is -1.63. The molecular formula is C4H10BCl. The Bertz CT molecular complexity index is 15.0. The van der Waals surface area contributed by atoms with Crippen molar-refractivity contribution < 1.29 is 0 Å². The summed E-state index contributed by atoms with van der Waals surface area (Å²) >= 11 is 0. The third kappa shape index (κ3) is 8.84. The molecule has 0 fully saturated rings. The topological polar surface area (TPSA) is 0 Å². The van der Waals surface area contributed by atoms with Gasteiger partial charge < -0.3 is 0 Å². The summed E-state index contributed by atoms with van der Waals surface area (Å²) in [6.45, 7) is 2.13. The van der Waals surface area contributed by atoms with Gasteiger partial charge in [-0.3, -0.25) is 0 Å². The molecule has 0 heterocycles. The maximum Gasteiger partial charge on any atom is 0.0652 e. The largest absolute Gasteiger partial charge is 0.147 e. The number of halogens is 1. The minimum Gasteiger partial charge on any atom is -0.147 e. The first-order chi connectivity index (χ1) is 2.41. The van der Waals surface area contributed by atoms with Crippen molar-refractivity contribution in [3.05, 3.63) is 0 Å². The van der Waals surface area contributed by atoms with Crippen molar-refractivity contribution in [2.75, 3.05) is 0 Å². The minimum absolute atomic E-state index is 0. The van der Waals surface area contributed by atoms with Gasteiger partial charge in [-0.2, -0.15) is 0 Å². The van der Waals surface area contributed by atoms with Crippen LogP contribution >= 0.6 is 12.4 Å². The highest BCUT2D eigenvalue weighted by molar-refractivity contribution is 6.08. The van der Waals surface area contributed by atoms with Gasteiger partial charge in [-0.25, -0.2) is 0 Å². The van der Waals surface area contributed by atoms with Crippen molar-refractivity contribution in [3.63, 3.8) is 0 Å². The molecule has 0 aromatic rings. The van der Waals surface area contributed by atoms with E-state index in [1.165, 1.54) is 12.8 Å². The highest BCUT2D eigenvalue weighted by Crippen LogP contribution is 1.86. The molecular weight excluding hydrogens is 94.3 g/mol. The first-order valence-electron chi connectivity index (χ1n) is 2.12. The standard InChI is InChI=1S/C4H9B.ClH/c1-2-3-4-5;/h2-4H2,1H3;1H. The van der Waals surface area contributed by atoms with Crippen LogP contribution in [0, 0.1) is 0 Å². The maximum absolute atomic E-state index is 5.14. The molecule has 0 atom stereocenters. The molecule has 0 N–H and O–H groups in total. The van der Waals surface area contributed by atoms with E-state index in [1.54, 1.807) is 0 Å². The van der Waals surface area contributed by atoms with Crippen LogP contribution in [0.4, 0.5) is 0 Å². The number of rotatable bonds is 2. The summed E-state index contributed by atoms with van der Waals surface area (Å²) in [5.41, 5.74) is 0. The van der Waals surface area contributed by atoms with Crippen molar-refractivity contribution in [2.45, 2.75) is 26.1 Å². The predicted molar refractivity (Wildman–Crippen MR) is 32.7 cm³/mol. The Labute approximate surface area is 47.1 Å². The molecule has 0 nitrogen and oxygen atoms in total. The fourth-order valence-electron chi connectivity index (χ4n) is 0.204. The average Bonchev–Trinajstić information content (AvgIpc) is 1.41. The third-order valence-corrected chi connectivity index (χ3v) is 0.558. The van der Waals surface area contributed by atoms with Crippen LogP contribution in [0.1, 0.15) is 19.8 Å². The Morgan fingerprint density at radius 2 is 2.00 bits per heavy atom. The lowest BCUT2D eigenvalue weighted by molar-refractivity contribution is 0.884. The lowest BCUT2D eigenvalue weighted by Gasteiger charge is -1.79.